The van der Waals surface area contributed by atoms with Gasteiger partial charge in [0.05, 0.1) is 6.04 Å². The summed E-state index contributed by atoms with van der Waals surface area (Å²) in [5.74, 6) is 0.0521. The van der Waals surface area contributed by atoms with Crippen molar-refractivity contribution in [1.29, 1.82) is 0 Å². The van der Waals surface area contributed by atoms with Crippen LogP contribution in [0.3, 0.4) is 0 Å². The molecule has 5 rings (SSSR count). The smallest absolute Gasteiger partial charge is 0.250 e. The quantitative estimate of drug-likeness (QED) is 0.380. The van der Waals surface area contributed by atoms with E-state index in [4.69, 9.17) is 0 Å². The van der Waals surface area contributed by atoms with E-state index in [1.165, 1.54) is 11.3 Å². The maximum absolute atomic E-state index is 13.8. The van der Waals surface area contributed by atoms with Gasteiger partial charge in [0, 0.05) is 41.8 Å². The highest BCUT2D eigenvalue weighted by Crippen LogP contribution is 2.31. The van der Waals surface area contributed by atoms with Crippen LogP contribution in [0.25, 0.3) is 10.9 Å². The number of sulfonamides is 1. The third kappa shape index (κ3) is 4.52. The Kier molecular flexibility index (Phi) is 6.16. The second-order valence-corrected chi connectivity index (χ2v) is 11.2. The Bertz CT molecular complexity index is 1340. The number of carbonyl (C=O) groups excluding carboxylic acids is 1. The van der Waals surface area contributed by atoms with Gasteiger partial charge in [0.2, 0.25) is 10.0 Å². The van der Waals surface area contributed by atoms with Crippen molar-refractivity contribution in [3.63, 3.8) is 0 Å². The minimum absolute atomic E-state index is 0.0521. The van der Waals surface area contributed by atoms with Crippen molar-refractivity contribution < 1.29 is 13.2 Å². The van der Waals surface area contributed by atoms with Gasteiger partial charge in [-0.2, -0.15) is 0 Å². The molecule has 170 valence electrons. The summed E-state index contributed by atoms with van der Waals surface area (Å²) >= 11 is 1.22. The molecule has 0 saturated carbocycles. The van der Waals surface area contributed by atoms with Crippen LogP contribution in [0.4, 0.5) is 0 Å². The van der Waals surface area contributed by atoms with Crippen LogP contribution in [0.15, 0.2) is 82.5 Å². The van der Waals surface area contributed by atoms with Gasteiger partial charge in [-0.15, -0.1) is 11.3 Å². The molecule has 2 aromatic heterocycles. The number of nitrogens with one attached hydrogen (secondary N) is 2. The number of piperidine rings is 1. The molecule has 2 N–H and O–H groups in total. The monoisotopic (exact) mass is 479 g/mol. The van der Waals surface area contributed by atoms with Crippen LogP contribution < -0.4 is 4.72 Å². The maximum atomic E-state index is 13.8. The van der Waals surface area contributed by atoms with Crippen LogP contribution in [0.2, 0.25) is 0 Å². The van der Waals surface area contributed by atoms with Gasteiger partial charge in [0.1, 0.15) is 4.21 Å². The molecule has 0 amide bonds. The van der Waals surface area contributed by atoms with Crippen LogP contribution in [0, 0.1) is 0 Å². The Morgan fingerprint density at radius 1 is 1.00 bits per heavy atom. The van der Waals surface area contributed by atoms with Gasteiger partial charge in [-0.25, -0.2) is 13.1 Å². The van der Waals surface area contributed by atoms with E-state index in [1.54, 1.807) is 23.7 Å². The summed E-state index contributed by atoms with van der Waals surface area (Å²) < 4.78 is 28.4. The second kappa shape index (κ2) is 9.23. The number of benzene rings is 2. The van der Waals surface area contributed by atoms with Crippen LogP contribution in [0.5, 0.6) is 0 Å². The van der Waals surface area contributed by atoms with Crippen molar-refractivity contribution >= 4 is 38.0 Å². The lowest BCUT2D eigenvalue weighted by Crippen LogP contribution is -2.47. The number of fused-ring (bicyclic) bond motifs is 1. The van der Waals surface area contributed by atoms with E-state index in [2.05, 4.69) is 14.6 Å². The molecule has 1 saturated heterocycles. The minimum Gasteiger partial charge on any atom is -0.360 e. The third-order valence-corrected chi connectivity index (χ3v) is 9.11. The van der Waals surface area contributed by atoms with Crippen LogP contribution in [0.1, 0.15) is 34.8 Å². The van der Waals surface area contributed by atoms with Crippen molar-refractivity contribution in [2.75, 3.05) is 13.1 Å². The number of ketones is 1. The molecule has 1 aliphatic rings. The number of carbonyl (C=O) groups is 1. The number of rotatable bonds is 7. The van der Waals surface area contributed by atoms with E-state index in [0.29, 0.717) is 35.7 Å². The van der Waals surface area contributed by atoms with Gasteiger partial charge in [-0.3, -0.25) is 9.69 Å². The number of hydrogen-bond donors (Lipinski definition) is 2. The van der Waals surface area contributed by atoms with E-state index >= 15 is 0 Å². The number of likely N-dealkylation sites (tertiary alicyclic amines) is 1. The van der Waals surface area contributed by atoms with Crippen LogP contribution in [-0.2, 0) is 10.0 Å². The Balaban J connectivity index is 1.37. The van der Waals surface area contributed by atoms with Gasteiger partial charge in [0.15, 0.2) is 5.78 Å². The molecule has 2 aromatic carbocycles. The zero-order valence-corrected chi connectivity index (χ0v) is 19.6. The van der Waals surface area contributed by atoms with E-state index in [1.807, 2.05) is 54.6 Å². The highest BCUT2D eigenvalue weighted by Gasteiger charge is 2.34. The number of H-pyrrole nitrogens is 1. The third-order valence-electron chi connectivity index (χ3n) is 6.19. The summed E-state index contributed by atoms with van der Waals surface area (Å²) in [5.41, 5.74) is 2.57. The second-order valence-electron chi connectivity index (χ2n) is 8.29. The molecule has 1 unspecified atom stereocenters. The normalized spacial score (nSPS) is 16.7. The Morgan fingerprint density at radius 3 is 2.45 bits per heavy atom. The first kappa shape index (κ1) is 22.0. The van der Waals surface area contributed by atoms with Crippen molar-refractivity contribution in [2.45, 2.75) is 29.1 Å². The molecule has 0 bridgehead atoms. The number of nitrogens with zero attached hydrogens (tertiary/aromatic N) is 1. The zero-order chi connectivity index (χ0) is 22.8. The molecule has 1 atom stereocenters. The molecule has 0 radical (unpaired) electrons. The zero-order valence-electron chi connectivity index (χ0n) is 18.0. The molecule has 3 heterocycles. The number of para-hydroxylation sites is 1. The predicted molar refractivity (Wildman–Crippen MR) is 131 cm³/mol. The summed E-state index contributed by atoms with van der Waals surface area (Å²) in [6, 6.07) is 20.4. The van der Waals surface area contributed by atoms with Crippen molar-refractivity contribution in [1.82, 2.24) is 14.6 Å². The summed E-state index contributed by atoms with van der Waals surface area (Å²) in [4.78, 5) is 19.2. The summed E-state index contributed by atoms with van der Waals surface area (Å²) in [7, 11) is -3.50. The highest BCUT2D eigenvalue weighted by molar-refractivity contribution is 7.91. The summed E-state index contributed by atoms with van der Waals surface area (Å²) in [5, 5.41) is 2.68. The standard InChI is InChI=1S/C25H25N3O3S2/c29-25(21-17-26-22-10-5-4-9-20(21)22)24(18-7-2-1-3-8-18)28-14-12-19(13-15-28)27-33(30,31)23-11-6-16-32-23/h1-11,16-17,19,24,26-27H,12-15H2. The Morgan fingerprint density at radius 2 is 1.73 bits per heavy atom. The highest BCUT2D eigenvalue weighted by atomic mass is 32.2. The van der Waals surface area contributed by atoms with E-state index in [9.17, 15) is 13.2 Å². The van der Waals surface area contributed by atoms with Gasteiger partial charge < -0.3 is 4.98 Å². The lowest BCUT2D eigenvalue weighted by Gasteiger charge is -2.37. The first-order chi connectivity index (χ1) is 16.0. The first-order valence-corrected chi connectivity index (χ1v) is 13.3. The molecule has 0 spiro atoms. The number of Topliss-reactive ketones (excluding diaryl/α,β-unsaturated/α-hetero) is 1. The fourth-order valence-electron chi connectivity index (χ4n) is 4.56. The maximum Gasteiger partial charge on any atom is 0.250 e. The molecular weight excluding hydrogens is 454 g/mol. The van der Waals surface area contributed by atoms with Gasteiger partial charge in [0.25, 0.3) is 0 Å². The van der Waals surface area contributed by atoms with Crippen LogP contribution in [-0.4, -0.2) is 43.2 Å². The largest absolute Gasteiger partial charge is 0.360 e. The summed E-state index contributed by atoms with van der Waals surface area (Å²) in [6.45, 7) is 1.26. The van der Waals surface area contributed by atoms with E-state index in [-0.39, 0.29) is 11.8 Å². The molecule has 1 aliphatic heterocycles. The van der Waals surface area contributed by atoms with Crippen molar-refractivity contribution in [3.05, 3.63) is 89.4 Å². The first-order valence-electron chi connectivity index (χ1n) is 11.0. The topological polar surface area (TPSA) is 82.3 Å². The fourth-order valence-corrected chi connectivity index (χ4v) is 6.87. The molecule has 8 heteroatoms. The average molecular weight is 480 g/mol. The number of aromatic nitrogens is 1. The van der Waals surface area contributed by atoms with Crippen molar-refractivity contribution in [2.24, 2.45) is 0 Å². The Hall–Kier alpha value is -2.78. The molecular formula is C25H25N3O3S2. The average Bonchev–Trinajstić information content (AvgIpc) is 3.52. The SMILES string of the molecule is O=C(c1c[nH]c2ccccc12)C(c1ccccc1)N1CCC(NS(=O)(=O)c2cccs2)CC1. The molecule has 33 heavy (non-hydrogen) atoms. The van der Waals surface area contributed by atoms with Gasteiger partial charge >= 0.3 is 0 Å². The molecule has 1 fully saturated rings. The number of aromatic amines is 1. The Labute approximate surface area is 197 Å². The van der Waals surface area contributed by atoms with Gasteiger partial charge in [-0.1, -0.05) is 54.6 Å². The minimum atomic E-state index is -3.50. The van der Waals surface area contributed by atoms with E-state index in [0.717, 1.165) is 16.5 Å². The lowest BCUT2D eigenvalue weighted by atomic mass is 9.93. The molecule has 4 aromatic rings. The molecule has 6 nitrogen and oxygen atoms in total. The molecule has 0 aliphatic carbocycles. The number of thiophene rings is 1. The van der Waals surface area contributed by atoms with Gasteiger partial charge in [-0.05, 0) is 35.9 Å². The predicted octanol–water partition coefficient (Wildman–Crippen LogP) is 4.60. The number of hydrogen-bond acceptors (Lipinski definition) is 5. The summed E-state index contributed by atoms with van der Waals surface area (Å²) in [6.07, 6.45) is 3.09. The van der Waals surface area contributed by atoms with Crippen molar-refractivity contribution in [3.8, 4) is 0 Å². The lowest BCUT2D eigenvalue weighted by molar-refractivity contribution is 0.0767. The fraction of sp³-hybridized carbons (Fsp3) is 0.240. The van der Waals surface area contributed by atoms with E-state index < -0.39 is 16.1 Å². The van der Waals surface area contributed by atoms with Crippen LogP contribution >= 0.6 is 11.3 Å².